The number of piperidine rings is 2. The third-order valence-electron chi connectivity index (χ3n) is 13.6. The van der Waals surface area contributed by atoms with Gasteiger partial charge in [0.15, 0.2) is 12.4 Å². The van der Waals surface area contributed by atoms with Crippen LogP contribution < -0.4 is 36.0 Å². The number of nitrogens with one attached hydrogen (secondary N) is 3. The number of pyridine rings is 1. The quantitative estimate of drug-likeness (QED) is 0.150. The van der Waals surface area contributed by atoms with Gasteiger partial charge in [-0.1, -0.05) is 23.7 Å². The molecule has 4 N–H and O–H groups in total. The van der Waals surface area contributed by atoms with Gasteiger partial charge in [0.05, 0.1) is 58.9 Å². The molecule has 2 aromatic carbocycles. The molecule has 3 saturated heterocycles. The van der Waals surface area contributed by atoms with Crippen LogP contribution in [0.25, 0.3) is 21.8 Å². The first-order valence-electron chi connectivity index (χ1n) is 21.7. The predicted octanol–water partition coefficient (Wildman–Crippen LogP) is 4.75. The molecular formula is C44H50ClF2N11O5. The second kappa shape index (κ2) is 16.2. The highest BCUT2D eigenvalue weighted by atomic mass is 35.5. The molecule has 63 heavy (non-hydrogen) atoms. The average Bonchev–Trinajstić information content (AvgIpc) is 4.08. The van der Waals surface area contributed by atoms with Gasteiger partial charge >= 0.3 is 5.92 Å². The van der Waals surface area contributed by atoms with E-state index in [9.17, 15) is 19.5 Å². The fourth-order valence-corrected chi connectivity index (χ4v) is 10.1. The van der Waals surface area contributed by atoms with Gasteiger partial charge in [0, 0.05) is 76.2 Å². The molecule has 4 aliphatic heterocycles. The zero-order valence-corrected chi connectivity index (χ0v) is 35.9. The number of aryl methyl sites for hydroxylation is 2. The molecule has 0 bridgehead atoms. The molecular weight excluding hydrogens is 836 g/mol. The van der Waals surface area contributed by atoms with E-state index >= 15 is 8.78 Å². The predicted molar refractivity (Wildman–Crippen MR) is 236 cm³/mol. The van der Waals surface area contributed by atoms with E-state index in [1.807, 2.05) is 23.9 Å². The Kier molecular flexibility index (Phi) is 10.6. The SMILES string of the molecule is Cn1nc(C2CCC(=O)NC2=O)c2cccc(N3CCC(CN4CCN(c5ncc(Cl)c(Nc6ccc7c(c6)c6c(c(=O)n7C)OCC(F)(F)C(C7CC7)N6)n5)CC4CO)CC3)c21. The first-order chi connectivity index (χ1) is 30.4. The Morgan fingerprint density at radius 2 is 1.81 bits per heavy atom. The van der Waals surface area contributed by atoms with Gasteiger partial charge in [-0.25, -0.2) is 13.8 Å². The van der Waals surface area contributed by atoms with Gasteiger partial charge in [-0.3, -0.25) is 29.3 Å². The van der Waals surface area contributed by atoms with E-state index in [0.717, 1.165) is 49.1 Å². The van der Waals surface area contributed by atoms with Gasteiger partial charge in [0.2, 0.25) is 23.5 Å². The number of fused-ring (bicyclic) bond motifs is 4. The number of carbonyl (C=O) groups excluding carboxylic acids is 2. The maximum atomic E-state index is 15.2. The van der Waals surface area contributed by atoms with Crippen LogP contribution in [-0.2, 0) is 23.7 Å². The normalized spacial score (nSPS) is 23.3. The van der Waals surface area contributed by atoms with Crippen molar-refractivity contribution in [2.45, 2.75) is 62.4 Å². The number of hydrogen-bond acceptors (Lipinski definition) is 13. The highest BCUT2D eigenvalue weighted by Crippen LogP contribution is 2.46. The summed E-state index contributed by atoms with van der Waals surface area (Å²) in [7, 11) is 3.50. The number of para-hydroxylation sites is 1. The van der Waals surface area contributed by atoms with E-state index in [1.54, 1.807) is 25.2 Å². The van der Waals surface area contributed by atoms with Crippen LogP contribution in [0.1, 0.15) is 50.1 Å². The fraction of sp³-hybridized carbons (Fsp3) is 0.500. The summed E-state index contributed by atoms with van der Waals surface area (Å²) in [5.74, 6) is -3.22. The largest absolute Gasteiger partial charge is 0.480 e. The minimum Gasteiger partial charge on any atom is -0.480 e. The van der Waals surface area contributed by atoms with Crippen LogP contribution in [0.5, 0.6) is 5.75 Å². The molecule has 3 aromatic heterocycles. The average molecular weight is 886 g/mol. The van der Waals surface area contributed by atoms with E-state index in [4.69, 9.17) is 26.4 Å². The molecule has 5 aliphatic rings. The number of benzene rings is 2. The molecule has 7 heterocycles. The van der Waals surface area contributed by atoms with Crippen molar-refractivity contribution < 1.29 is 28.2 Å². The lowest BCUT2D eigenvalue weighted by Crippen LogP contribution is -2.56. The van der Waals surface area contributed by atoms with Gasteiger partial charge in [-0.05, 0) is 68.2 Å². The molecule has 10 rings (SSSR count). The number of aromatic nitrogens is 5. The van der Waals surface area contributed by atoms with Crippen molar-refractivity contribution in [2.24, 2.45) is 25.9 Å². The minimum atomic E-state index is -3.15. The molecule has 5 aromatic rings. The van der Waals surface area contributed by atoms with Crippen LogP contribution in [0, 0.1) is 11.8 Å². The maximum Gasteiger partial charge on any atom is 0.301 e. The van der Waals surface area contributed by atoms with E-state index < -0.39 is 30.0 Å². The molecule has 3 unspecified atom stereocenters. The standard InChI is InChI=1S/C44H50ClF2N11O5/c1-54-32-10-8-26(18-30(32)36-38(42(54)62)63-23-44(46,47)39(51-36)25-6-7-25)49-40-31(45)19-48-43(52-40)58-17-16-57(27(21-58)22-59)20-24-12-14-56(15-13-24)33-5-3-4-28-35(53-55(2)37(28)33)29-9-11-34(60)50-41(29)61/h3-5,8,10,18-19,24-25,27,29,39,51,59H,6-7,9,11-17,20-23H2,1-2H3,(H,48,49,52)(H,50,60,61). The smallest absolute Gasteiger partial charge is 0.301 e. The molecule has 16 nitrogen and oxygen atoms in total. The summed E-state index contributed by atoms with van der Waals surface area (Å²) in [6.45, 7) is 3.54. The van der Waals surface area contributed by atoms with Crippen molar-refractivity contribution in [3.63, 3.8) is 0 Å². The van der Waals surface area contributed by atoms with E-state index in [0.29, 0.717) is 85.3 Å². The molecule has 1 aliphatic carbocycles. The Morgan fingerprint density at radius 3 is 2.57 bits per heavy atom. The Hall–Kier alpha value is -5.59. The van der Waals surface area contributed by atoms with Crippen LogP contribution >= 0.6 is 11.6 Å². The summed E-state index contributed by atoms with van der Waals surface area (Å²) in [4.78, 5) is 54.0. The first-order valence-corrected chi connectivity index (χ1v) is 22.1. The Labute approximate surface area is 366 Å². The topological polar surface area (TPSA) is 175 Å². The van der Waals surface area contributed by atoms with Crippen molar-refractivity contribution in [3.05, 3.63) is 63.7 Å². The molecule has 332 valence electrons. The highest BCUT2D eigenvalue weighted by molar-refractivity contribution is 6.33. The number of imide groups is 1. The third-order valence-corrected chi connectivity index (χ3v) is 13.9. The van der Waals surface area contributed by atoms with Crippen molar-refractivity contribution in [1.29, 1.82) is 0 Å². The van der Waals surface area contributed by atoms with Gasteiger partial charge < -0.3 is 34.8 Å². The van der Waals surface area contributed by atoms with E-state index in [1.165, 1.54) is 10.8 Å². The second-order valence-electron chi connectivity index (χ2n) is 17.7. The number of halogens is 3. The monoisotopic (exact) mass is 885 g/mol. The van der Waals surface area contributed by atoms with E-state index in [2.05, 4.69) is 41.7 Å². The van der Waals surface area contributed by atoms with Gasteiger partial charge in [0.1, 0.15) is 5.02 Å². The number of aliphatic hydroxyl groups excluding tert-OH is 1. The summed E-state index contributed by atoms with van der Waals surface area (Å²) in [6, 6.07) is 10.2. The molecule has 0 spiro atoms. The Balaban J connectivity index is 0.802. The summed E-state index contributed by atoms with van der Waals surface area (Å²) in [6.07, 6.45) is 5.62. The summed E-state index contributed by atoms with van der Waals surface area (Å²) in [5.41, 5.74) is 3.67. The van der Waals surface area contributed by atoms with Crippen LogP contribution in [0.15, 0.2) is 47.4 Å². The lowest BCUT2D eigenvalue weighted by Gasteiger charge is -2.43. The first kappa shape index (κ1) is 41.4. The zero-order chi connectivity index (χ0) is 43.7. The number of hydrogen-bond donors (Lipinski definition) is 4. The number of aliphatic hydroxyl groups is 1. The number of anilines is 5. The van der Waals surface area contributed by atoms with Crippen LogP contribution in [0.3, 0.4) is 0 Å². The molecule has 19 heteroatoms. The number of ether oxygens (including phenoxy) is 1. The van der Waals surface area contributed by atoms with Gasteiger partial charge in [-0.2, -0.15) is 10.1 Å². The number of alkyl halides is 2. The number of carbonyl (C=O) groups is 2. The minimum absolute atomic E-state index is 0.0265. The summed E-state index contributed by atoms with van der Waals surface area (Å²) in [5, 5.41) is 25.9. The third kappa shape index (κ3) is 7.69. The lowest BCUT2D eigenvalue weighted by atomic mass is 9.92. The Morgan fingerprint density at radius 1 is 1.00 bits per heavy atom. The highest BCUT2D eigenvalue weighted by Gasteiger charge is 2.51. The van der Waals surface area contributed by atoms with Gasteiger partial charge in [0.25, 0.3) is 5.56 Å². The molecule has 0 radical (unpaired) electrons. The Bertz CT molecular complexity index is 2680. The van der Waals surface area contributed by atoms with Crippen molar-refractivity contribution in [2.75, 3.05) is 72.9 Å². The lowest BCUT2D eigenvalue weighted by molar-refractivity contribution is -0.134. The second-order valence-corrected chi connectivity index (χ2v) is 18.1. The molecule has 2 amide bonds. The van der Waals surface area contributed by atoms with Crippen molar-refractivity contribution in [3.8, 4) is 5.75 Å². The van der Waals surface area contributed by atoms with Crippen LogP contribution in [0.4, 0.5) is 37.6 Å². The van der Waals surface area contributed by atoms with Crippen LogP contribution in [-0.4, -0.2) is 117 Å². The zero-order valence-electron chi connectivity index (χ0n) is 35.1. The van der Waals surface area contributed by atoms with Crippen LogP contribution in [0.2, 0.25) is 5.02 Å². The number of amides is 2. The summed E-state index contributed by atoms with van der Waals surface area (Å²) < 4.78 is 39.2. The number of rotatable bonds is 9. The number of piperazine rings is 1. The number of nitrogens with zero attached hydrogens (tertiary/aromatic N) is 8. The van der Waals surface area contributed by atoms with Gasteiger partial charge in [-0.15, -0.1) is 0 Å². The van der Waals surface area contributed by atoms with Crippen molar-refractivity contribution in [1.82, 2.24) is 34.5 Å². The summed E-state index contributed by atoms with van der Waals surface area (Å²) >= 11 is 6.65. The molecule has 4 fully saturated rings. The van der Waals surface area contributed by atoms with E-state index in [-0.39, 0.29) is 46.8 Å². The maximum absolute atomic E-state index is 15.2. The molecule has 3 atom stereocenters. The van der Waals surface area contributed by atoms with Crippen molar-refractivity contribution >= 4 is 74.0 Å². The fourth-order valence-electron chi connectivity index (χ4n) is 10.0. The molecule has 1 saturated carbocycles.